The summed E-state index contributed by atoms with van der Waals surface area (Å²) < 4.78 is 0.955. The number of carbonyl (C=O) groups excluding carboxylic acids is 2. The van der Waals surface area contributed by atoms with E-state index in [1.165, 1.54) is 11.8 Å². The van der Waals surface area contributed by atoms with Gasteiger partial charge in [0.25, 0.3) is 0 Å². The molecule has 3 rings (SSSR count). The smallest absolute Gasteiger partial charge is 0.242 e. The molecule has 0 aromatic heterocycles. The highest BCUT2D eigenvalue weighted by atomic mass is 79.9. The van der Waals surface area contributed by atoms with E-state index in [9.17, 15) is 9.59 Å². The number of hydrogen-bond acceptors (Lipinski definition) is 3. The number of carbonyl (C=O) groups is 2. The van der Waals surface area contributed by atoms with Gasteiger partial charge in [0.2, 0.25) is 11.8 Å². The van der Waals surface area contributed by atoms with Crippen molar-refractivity contribution in [3.8, 4) is 0 Å². The second kappa shape index (κ2) is 13.2. The number of hydrogen-bond donors (Lipinski definition) is 1. The van der Waals surface area contributed by atoms with E-state index in [0.717, 1.165) is 21.2 Å². The van der Waals surface area contributed by atoms with E-state index in [-0.39, 0.29) is 17.6 Å². The molecule has 1 N–H and O–H groups in total. The molecule has 0 aliphatic carbocycles. The van der Waals surface area contributed by atoms with Crippen molar-refractivity contribution in [1.82, 2.24) is 10.2 Å². The van der Waals surface area contributed by atoms with Crippen LogP contribution < -0.4 is 5.32 Å². The summed E-state index contributed by atoms with van der Waals surface area (Å²) in [5, 5.41) is 3.88. The molecule has 0 radical (unpaired) electrons. The zero-order valence-electron chi connectivity index (χ0n) is 18.6. The fourth-order valence-corrected chi connectivity index (χ4v) is 5.21. The molecule has 1 atom stereocenters. The first-order valence-corrected chi connectivity index (χ1v) is 13.4. The van der Waals surface area contributed by atoms with E-state index in [0.29, 0.717) is 28.8 Å². The first kappa shape index (κ1) is 26.6. The van der Waals surface area contributed by atoms with E-state index < -0.39 is 6.04 Å². The van der Waals surface area contributed by atoms with Gasteiger partial charge in [0.15, 0.2) is 0 Å². The zero-order chi connectivity index (χ0) is 24.5. The molecular formula is C26H25BrCl2N2O2S. The lowest BCUT2D eigenvalue weighted by molar-refractivity contribution is -0.139. The van der Waals surface area contributed by atoms with Gasteiger partial charge in [0.05, 0.1) is 5.75 Å². The van der Waals surface area contributed by atoms with Crippen molar-refractivity contribution >= 4 is 62.7 Å². The van der Waals surface area contributed by atoms with Crippen molar-refractivity contribution in [2.45, 2.75) is 24.8 Å². The van der Waals surface area contributed by atoms with Crippen LogP contribution in [0.15, 0.2) is 77.3 Å². The van der Waals surface area contributed by atoms with Gasteiger partial charge in [-0.1, -0.05) is 87.7 Å². The Balaban J connectivity index is 1.80. The third kappa shape index (κ3) is 7.77. The van der Waals surface area contributed by atoms with Gasteiger partial charge < -0.3 is 10.2 Å². The number of rotatable bonds is 10. The molecule has 4 nitrogen and oxygen atoms in total. The predicted octanol–water partition coefficient (Wildman–Crippen LogP) is 6.38. The van der Waals surface area contributed by atoms with E-state index >= 15 is 0 Å². The Labute approximate surface area is 223 Å². The normalized spacial score (nSPS) is 11.6. The van der Waals surface area contributed by atoms with Gasteiger partial charge in [-0.25, -0.2) is 0 Å². The lowest BCUT2D eigenvalue weighted by Gasteiger charge is -2.31. The molecule has 0 saturated carbocycles. The molecule has 1 unspecified atom stereocenters. The largest absolute Gasteiger partial charge is 0.357 e. The van der Waals surface area contributed by atoms with Crippen LogP contribution in [0.2, 0.25) is 10.0 Å². The molecule has 0 spiro atoms. The van der Waals surface area contributed by atoms with Crippen molar-refractivity contribution in [3.63, 3.8) is 0 Å². The Hall–Kier alpha value is -1.99. The van der Waals surface area contributed by atoms with Crippen LogP contribution in [0.4, 0.5) is 0 Å². The Morgan fingerprint density at radius 2 is 1.71 bits per heavy atom. The Morgan fingerprint density at radius 1 is 1.00 bits per heavy atom. The van der Waals surface area contributed by atoms with Crippen molar-refractivity contribution in [2.75, 3.05) is 12.8 Å². The number of benzene rings is 3. The quantitative estimate of drug-likeness (QED) is 0.303. The number of nitrogens with zero attached hydrogens (tertiary/aromatic N) is 1. The van der Waals surface area contributed by atoms with Crippen molar-refractivity contribution in [2.24, 2.45) is 0 Å². The van der Waals surface area contributed by atoms with Gasteiger partial charge in [-0.05, 0) is 41.0 Å². The average molecular weight is 580 g/mol. The predicted molar refractivity (Wildman–Crippen MR) is 145 cm³/mol. The number of amides is 2. The lowest BCUT2D eigenvalue weighted by Crippen LogP contribution is -2.50. The maximum atomic E-state index is 13.5. The standard InChI is InChI=1S/C26H25BrCl2N2O2S/c1-30-26(33)24(13-18-5-3-2-4-6-18)31(15-19-7-10-21(27)11-8-19)25(32)17-34-16-20-9-12-22(28)14-23(20)29/h2-12,14,24H,13,15-17H2,1H3,(H,30,33). The highest BCUT2D eigenvalue weighted by Crippen LogP contribution is 2.25. The van der Waals surface area contributed by atoms with Crippen LogP contribution in [0, 0.1) is 0 Å². The first-order valence-electron chi connectivity index (χ1n) is 10.7. The molecular weight excluding hydrogens is 555 g/mol. The minimum atomic E-state index is -0.636. The summed E-state index contributed by atoms with van der Waals surface area (Å²) >= 11 is 17.2. The molecule has 8 heteroatoms. The van der Waals surface area contributed by atoms with Gasteiger partial charge in [0.1, 0.15) is 6.04 Å². The maximum absolute atomic E-state index is 13.5. The van der Waals surface area contributed by atoms with E-state index in [2.05, 4.69) is 21.2 Å². The summed E-state index contributed by atoms with van der Waals surface area (Å²) in [6.07, 6.45) is 0.427. The van der Waals surface area contributed by atoms with E-state index in [1.54, 1.807) is 24.1 Å². The summed E-state index contributed by atoms with van der Waals surface area (Å²) in [6.45, 7) is 0.333. The summed E-state index contributed by atoms with van der Waals surface area (Å²) in [5.74, 6) is 0.484. The number of halogens is 3. The molecule has 0 aliphatic heterocycles. The number of nitrogens with one attached hydrogen (secondary N) is 1. The third-order valence-corrected chi connectivity index (χ3v) is 7.36. The lowest BCUT2D eigenvalue weighted by atomic mass is 10.0. The van der Waals surface area contributed by atoms with Gasteiger partial charge in [-0.3, -0.25) is 9.59 Å². The topological polar surface area (TPSA) is 49.4 Å². The van der Waals surface area contributed by atoms with Crippen LogP contribution in [0.5, 0.6) is 0 Å². The monoisotopic (exact) mass is 578 g/mol. The van der Waals surface area contributed by atoms with Crippen LogP contribution in [0.1, 0.15) is 16.7 Å². The molecule has 3 aromatic carbocycles. The highest BCUT2D eigenvalue weighted by molar-refractivity contribution is 9.10. The zero-order valence-corrected chi connectivity index (χ0v) is 22.6. The summed E-state index contributed by atoms with van der Waals surface area (Å²) in [6, 6.07) is 22.2. The highest BCUT2D eigenvalue weighted by Gasteiger charge is 2.29. The molecule has 34 heavy (non-hydrogen) atoms. The minimum absolute atomic E-state index is 0.109. The molecule has 3 aromatic rings. The Kier molecular flexibility index (Phi) is 10.3. The first-order chi connectivity index (χ1) is 16.4. The van der Waals surface area contributed by atoms with E-state index in [1.807, 2.05) is 60.7 Å². The maximum Gasteiger partial charge on any atom is 0.242 e. The van der Waals surface area contributed by atoms with Crippen LogP contribution in [-0.2, 0) is 28.3 Å². The second-order valence-electron chi connectivity index (χ2n) is 7.70. The van der Waals surface area contributed by atoms with Crippen molar-refractivity contribution in [1.29, 1.82) is 0 Å². The fourth-order valence-electron chi connectivity index (χ4n) is 3.48. The Bertz CT molecular complexity index is 1110. The minimum Gasteiger partial charge on any atom is -0.357 e. The molecule has 178 valence electrons. The van der Waals surface area contributed by atoms with Crippen LogP contribution in [-0.4, -0.2) is 35.6 Å². The number of thioether (sulfide) groups is 1. The van der Waals surface area contributed by atoms with Crippen LogP contribution in [0.3, 0.4) is 0 Å². The van der Waals surface area contributed by atoms with Gasteiger partial charge in [0, 0.05) is 40.3 Å². The molecule has 0 bridgehead atoms. The molecule has 0 heterocycles. The Morgan fingerprint density at radius 3 is 2.35 bits per heavy atom. The summed E-state index contributed by atoms with van der Waals surface area (Å²) in [5.41, 5.74) is 2.85. The SMILES string of the molecule is CNC(=O)C(Cc1ccccc1)N(Cc1ccc(Br)cc1)C(=O)CSCc1ccc(Cl)cc1Cl. The van der Waals surface area contributed by atoms with Crippen LogP contribution in [0.25, 0.3) is 0 Å². The molecule has 2 amide bonds. The summed E-state index contributed by atoms with van der Waals surface area (Å²) in [7, 11) is 1.60. The van der Waals surface area contributed by atoms with E-state index in [4.69, 9.17) is 23.2 Å². The van der Waals surface area contributed by atoms with Gasteiger partial charge in [-0.2, -0.15) is 0 Å². The van der Waals surface area contributed by atoms with Crippen molar-refractivity contribution < 1.29 is 9.59 Å². The second-order valence-corrected chi connectivity index (χ2v) is 10.4. The average Bonchev–Trinajstić information content (AvgIpc) is 2.84. The third-order valence-electron chi connectivity index (χ3n) is 5.28. The molecule has 0 aliphatic rings. The van der Waals surface area contributed by atoms with Gasteiger partial charge >= 0.3 is 0 Å². The molecule has 0 saturated heterocycles. The molecule has 0 fully saturated rings. The fraction of sp³-hybridized carbons (Fsp3) is 0.231. The summed E-state index contributed by atoms with van der Waals surface area (Å²) in [4.78, 5) is 28.1. The van der Waals surface area contributed by atoms with Crippen molar-refractivity contribution in [3.05, 3.63) is 104 Å². The van der Waals surface area contributed by atoms with Gasteiger partial charge in [-0.15, -0.1) is 11.8 Å². The van der Waals surface area contributed by atoms with Crippen LogP contribution >= 0.6 is 50.9 Å². The number of likely N-dealkylation sites (N-methyl/N-ethyl adjacent to an activating group) is 1.